The maximum atomic E-state index is 13.6. The number of carbonyl (C=O) groups is 3. The lowest BCUT2D eigenvalue weighted by Crippen LogP contribution is -2.28. The first-order chi connectivity index (χ1) is 20.3. The second-order valence-electron chi connectivity index (χ2n) is 9.83. The number of aryl methyl sites for hydroxylation is 1. The Labute approximate surface area is 245 Å². The summed E-state index contributed by atoms with van der Waals surface area (Å²) < 4.78 is 73.4. The van der Waals surface area contributed by atoms with E-state index in [0.717, 1.165) is 13.8 Å². The molecule has 9 nitrogen and oxygen atoms in total. The zero-order chi connectivity index (χ0) is 31.6. The Hall–Kier alpha value is -4.74. The van der Waals surface area contributed by atoms with Gasteiger partial charge in [0.15, 0.2) is 0 Å². The highest BCUT2D eigenvalue weighted by Crippen LogP contribution is 2.60. The Kier molecular flexibility index (Phi) is 8.88. The molecule has 0 heterocycles. The highest BCUT2D eigenvalue weighted by atomic mass is 19.4. The van der Waals surface area contributed by atoms with Crippen LogP contribution in [0.4, 0.5) is 13.2 Å². The number of ether oxygens (including phenoxy) is 6. The molecule has 1 aliphatic rings. The van der Waals surface area contributed by atoms with Crippen LogP contribution in [0.25, 0.3) is 0 Å². The third kappa shape index (κ3) is 6.52. The van der Waals surface area contributed by atoms with Gasteiger partial charge in [-0.2, -0.15) is 13.2 Å². The van der Waals surface area contributed by atoms with Crippen molar-refractivity contribution in [3.8, 4) is 28.7 Å². The van der Waals surface area contributed by atoms with Crippen molar-refractivity contribution >= 4 is 17.9 Å². The van der Waals surface area contributed by atoms with Crippen molar-refractivity contribution in [1.29, 1.82) is 0 Å². The van der Waals surface area contributed by atoms with E-state index in [4.69, 9.17) is 28.4 Å². The van der Waals surface area contributed by atoms with Crippen molar-refractivity contribution in [2.75, 3.05) is 21.3 Å². The lowest BCUT2D eigenvalue weighted by atomic mass is 9.79. The van der Waals surface area contributed by atoms with Crippen molar-refractivity contribution in [2.24, 2.45) is 0 Å². The molecule has 0 aliphatic heterocycles. The highest BCUT2D eigenvalue weighted by Gasteiger charge is 2.51. The van der Waals surface area contributed by atoms with Gasteiger partial charge in [0.05, 0.1) is 21.3 Å². The van der Waals surface area contributed by atoms with Crippen LogP contribution in [0, 0.1) is 6.92 Å². The Morgan fingerprint density at radius 2 is 1.37 bits per heavy atom. The molecule has 12 heteroatoms. The molecule has 0 bridgehead atoms. The van der Waals surface area contributed by atoms with Gasteiger partial charge in [-0.15, -0.1) is 0 Å². The molecule has 0 spiro atoms. The van der Waals surface area contributed by atoms with Crippen LogP contribution in [0.2, 0.25) is 0 Å². The molecule has 3 aromatic carbocycles. The third-order valence-electron chi connectivity index (χ3n) is 6.90. The van der Waals surface area contributed by atoms with E-state index in [1.54, 1.807) is 43.3 Å². The van der Waals surface area contributed by atoms with Gasteiger partial charge in [-0.3, -0.25) is 9.59 Å². The first-order valence-electron chi connectivity index (χ1n) is 13.0. The molecule has 0 unspecified atom stereocenters. The van der Waals surface area contributed by atoms with E-state index in [-0.39, 0.29) is 22.6 Å². The van der Waals surface area contributed by atoms with Crippen LogP contribution < -0.4 is 23.7 Å². The largest absolute Gasteiger partial charge is 0.497 e. The van der Waals surface area contributed by atoms with E-state index in [9.17, 15) is 27.6 Å². The predicted molar refractivity (Wildman–Crippen MR) is 146 cm³/mol. The SMILES string of the molecule is COc1cc(C)cc([C@@H]2[C@@H](c3ccc(OC)cc3OC)c3c(OC(C)=O)cc(OC(C)=O)cc3[C@H]2OC(=O)C(F)(F)F)c1. The normalized spacial score (nSPS) is 17.5. The molecule has 0 radical (unpaired) electrons. The summed E-state index contributed by atoms with van der Waals surface area (Å²) in [6, 6.07) is 12.6. The Bertz CT molecular complexity index is 1560. The monoisotopic (exact) mass is 602 g/mol. The first-order valence-corrected chi connectivity index (χ1v) is 13.0. The summed E-state index contributed by atoms with van der Waals surface area (Å²) in [7, 11) is 4.32. The summed E-state index contributed by atoms with van der Waals surface area (Å²) in [4.78, 5) is 36.5. The van der Waals surface area contributed by atoms with Gasteiger partial charge >= 0.3 is 24.1 Å². The average molecular weight is 603 g/mol. The molecule has 0 aromatic heterocycles. The smallest absolute Gasteiger partial charge is 0.490 e. The molecule has 43 heavy (non-hydrogen) atoms. The second-order valence-corrected chi connectivity index (χ2v) is 9.83. The van der Waals surface area contributed by atoms with Crippen molar-refractivity contribution in [3.63, 3.8) is 0 Å². The Morgan fingerprint density at radius 3 is 1.95 bits per heavy atom. The predicted octanol–water partition coefficient (Wildman–Crippen LogP) is 5.95. The quantitative estimate of drug-likeness (QED) is 0.229. The van der Waals surface area contributed by atoms with Gasteiger partial charge in [0.25, 0.3) is 0 Å². The van der Waals surface area contributed by atoms with E-state index in [1.807, 2.05) is 0 Å². The fourth-order valence-corrected chi connectivity index (χ4v) is 5.40. The van der Waals surface area contributed by atoms with Crippen LogP contribution in [-0.4, -0.2) is 45.4 Å². The number of alkyl halides is 3. The summed E-state index contributed by atoms with van der Waals surface area (Å²) in [5, 5.41) is 0. The number of fused-ring (bicyclic) bond motifs is 1. The lowest BCUT2D eigenvalue weighted by Gasteiger charge is -2.28. The Morgan fingerprint density at radius 1 is 0.721 bits per heavy atom. The number of hydrogen-bond acceptors (Lipinski definition) is 9. The fraction of sp³-hybridized carbons (Fsp3) is 0.323. The molecule has 3 aromatic rings. The van der Waals surface area contributed by atoms with Gasteiger partial charge in [0.1, 0.15) is 34.9 Å². The van der Waals surface area contributed by atoms with E-state index < -0.39 is 42.0 Å². The van der Waals surface area contributed by atoms with Crippen molar-refractivity contribution in [1.82, 2.24) is 0 Å². The molecule has 0 amide bonds. The van der Waals surface area contributed by atoms with Crippen molar-refractivity contribution in [2.45, 2.75) is 44.9 Å². The summed E-state index contributed by atoms with van der Waals surface area (Å²) >= 11 is 0. The van der Waals surface area contributed by atoms with Gasteiger partial charge in [-0.25, -0.2) is 4.79 Å². The molecule has 1 aliphatic carbocycles. The van der Waals surface area contributed by atoms with Crippen LogP contribution in [0.3, 0.4) is 0 Å². The molecule has 0 saturated carbocycles. The molecule has 0 fully saturated rings. The zero-order valence-corrected chi connectivity index (χ0v) is 24.2. The van der Waals surface area contributed by atoms with E-state index in [0.29, 0.717) is 33.9 Å². The molecular weight excluding hydrogens is 573 g/mol. The number of rotatable bonds is 8. The fourth-order valence-electron chi connectivity index (χ4n) is 5.40. The summed E-state index contributed by atoms with van der Waals surface area (Å²) in [6.45, 7) is 4.05. The van der Waals surface area contributed by atoms with Crippen molar-refractivity contribution in [3.05, 3.63) is 76.3 Å². The minimum atomic E-state index is -5.32. The van der Waals surface area contributed by atoms with Crippen LogP contribution in [0.5, 0.6) is 28.7 Å². The minimum absolute atomic E-state index is 0.0425. The Balaban J connectivity index is 2.12. The number of esters is 3. The maximum Gasteiger partial charge on any atom is 0.490 e. The number of methoxy groups -OCH3 is 3. The molecule has 0 saturated heterocycles. The summed E-state index contributed by atoms with van der Waals surface area (Å²) in [6.07, 6.45) is -6.91. The molecule has 4 rings (SSSR count). The average Bonchev–Trinajstić information content (AvgIpc) is 3.24. The minimum Gasteiger partial charge on any atom is -0.497 e. The number of halogens is 3. The third-order valence-corrected chi connectivity index (χ3v) is 6.90. The van der Waals surface area contributed by atoms with Gasteiger partial charge in [0, 0.05) is 54.5 Å². The van der Waals surface area contributed by atoms with Crippen LogP contribution >= 0.6 is 0 Å². The summed E-state index contributed by atoms with van der Waals surface area (Å²) in [5.41, 5.74) is 1.92. The highest BCUT2D eigenvalue weighted by molar-refractivity contribution is 5.77. The van der Waals surface area contributed by atoms with E-state index in [1.165, 1.54) is 33.5 Å². The molecule has 3 atom stereocenters. The van der Waals surface area contributed by atoms with Gasteiger partial charge in [-0.05, 0) is 42.3 Å². The van der Waals surface area contributed by atoms with E-state index >= 15 is 0 Å². The van der Waals surface area contributed by atoms with Crippen LogP contribution in [0.15, 0.2) is 48.5 Å². The maximum absolute atomic E-state index is 13.6. The molecular formula is C31H29F3O9. The lowest BCUT2D eigenvalue weighted by molar-refractivity contribution is -0.206. The van der Waals surface area contributed by atoms with Gasteiger partial charge in [0.2, 0.25) is 0 Å². The van der Waals surface area contributed by atoms with Crippen molar-refractivity contribution < 1.29 is 56.0 Å². The second kappa shape index (κ2) is 12.2. The molecule has 0 N–H and O–H groups in total. The zero-order valence-electron chi connectivity index (χ0n) is 24.2. The summed E-state index contributed by atoms with van der Waals surface area (Å²) in [5.74, 6) is -4.91. The number of hydrogen-bond donors (Lipinski definition) is 0. The van der Waals surface area contributed by atoms with Gasteiger partial charge in [-0.1, -0.05) is 12.1 Å². The van der Waals surface area contributed by atoms with Crippen LogP contribution in [-0.2, 0) is 19.1 Å². The van der Waals surface area contributed by atoms with Crippen LogP contribution in [0.1, 0.15) is 59.6 Å². The first kappa shape index (κ1) is 31.2. The number of carbonyl (C=O) groups excluding carboxylic acids is 3. The topological polar surface area (TPSA) is 107 Å². The molecule has 228 valence electrons. The number of benzene rings is 3. The van der Waals surface area contributed by atoms with Gasteiger partial charge < -0.3 is 28.4 Å². The standard InChI is InChI=1S/C31H29F3O9/c1-15-9-18(11-20(10-15)39-5)26-28(22-8-7-19(38-4)13-24(22)40-6)27-23(29(26)43-30(37)31(32,33)34)12-21(41-16(2)35)14-25(27)42-17(3)36/h7-14,26,28-29H,1-6H3/t26-,28-,29-/m1/s1. The van der Waals surface area contributed by atoms with E-state index in [2.05, 4.69) is 0 Å².